The number of H-pyrrole nitrogens is 1. The van der Waals surface area contributed by atoms with Gasteiger partial charge in [0.25, 0.3) is 0 Å². The molecule has 0 aliphatic heterocycles. The Morgan fingerprint density at radius 1 is 0.750 bits per heavy atom. The van der Waals surface area contributed by atoms with Crippen molar-refractivity contribution in [2.75, 3.05) is 0 Å². The zero-order chi connectivity index (χ0) is 22.7. The summed E-state index contributed by atoms with van der Waals surface area (Å²) in [6, 6.07) is 17.9. The van der Waals surface area contributed by atoms with Crippen LogP contribution in [0.1, 0.15) is 19.4 Å². The van der Waals surface area contributed by atoms with Gasteiger partial charge in [0.15, 0.2) is 11.5 Å². The molecule has 0 saturated heterocycles. The number of fused-ring (bicyclic) bond motifs is 3. The molecule has 1 N–H and O–H groups in total. The molecule has 160 valence electrons. The third-order valence-corrected chi connectivity index (χ3v) is 4.58. The summed E-state index contributed by atoms with van der Waals surface area (Å²) in [5.74, 6) is -1.07. The van der Waals surface area contributed by atoms with E-state index < -0.39 is 17.9 Å². The lowest BCUT2D eigenvalue weighted by Gasteiger charge is -2.09. The average molecular weight is 429 g/mol. The van der Waals surface area contributed by atoms with Crippen molar-refractivity contribution in [1.29, 1.82) is 0 Å². The lowest BCUT2D eigenvalue weighted by Crippen LogP contribution is -2.07. The van der Waals surface area contributed by atoms with E-state index in [9.17, 15) is 14.4 Å². The normalized spacial score (nSPS) is 11.1. The predicted molar refractivity (Wildman–Crippen MR) is 120 cm³/mol. The lowest BCUT2D eigenvalue weighted by atomic mass is 10.1. The number of hydrogen-bond acceptors (Lipinski definition) is 6. The topological polar surface area (TPSA) is 94.7 Å². The SMILES string of the molecule is CC(=O)Oc1ccc(/C=C/C(=O)Oc2ccc3[nH]c4ccccc4c3c2)cc1OC(C)=O. The molecule has 0 fully saturated rings. The van der Waals surface area contributed by atoms with Crippen molar-refractivity contribution in [3.05, 3.63) is 72.3 Å². The van der Waals surface area contributed by atoms with E-state index in [4.69, 9.17) is 14.2 Å². The van der Waals surface area contributed by atoms with Gasteiger partial charge in [-0.05, 0) is 48.0 Å². The van der Waals surface area contributed by atoms with Crippen molar-refractivity contribution in [3.63, 3.8) is 0 Å². The molecular formula is C25H19NO6. The Morgan fingerprint density at radius 3 is 2.25 bits per heavy atom. The summed E-state index contributed by atoms with van der Waals surface area (Å²) in [5, 5.41) is 2.00. The van der Waals surface area contributed by atoms with Crippen LogP contribution in [0.15, 0.2) is 66.7 Å². The standard InChI is InChI=1S/C25H19NO6/c1-15(27)30-23-11-7-17(13-24(23)31-16(2)28)8-12-25(29)32-18-9-10-22-20(14-18)19-5-3-4-6-21(19)26-22/h3-14,26H,1-2H3/b12-8+. The average Bonchev–Trinajstić information content (AvgIpc) is 3.11. The van der Waals surface area contributed by atoms with Crippen LogP contribution in [0.5, 0.6) is 17.2 Å². The molecule has 0 aliphatic carbocycles. The smallest absolute Gasteiger partial charge is 0.336 e. The summed E-state index contributed by atoms with van der Waals surface area (Å²) in [7, 11) is 0. The summed E-state index contributed by atoms with van der Waals surface area (Å²) in [6.45, 7) is 2.48. The first-order valence-corrected chi connectivity index (χ1v) is 9.80. The molecule has 3 aromatic carbocycles. The molecule has 32 heavy (non-hydrogen) atoms. The van der Waals surface area contributed by atoms with E-state index in [1.165, 1.54) is 38.1 Å². The third kappa shape index (κ3) is 4.67. The molecule has 0 amide bonds. The van der Waals surface area contributed by atoms with Gasteiger partial charge in [-0.2, -0.15) is 0 Å². The number of hydrogen-bond donors (Lipinski definition) is 1. The monoisotopic (exact) mass is 429 g/mol. The van der Waals surface area contributed by atoms with Crippen LogP contribution in [0.2, 0.25) is 0 Å². The number of nitrogens with one attached hydrogen (secondary N) is 1. The molecule has 1 heterocycles. The van der Waals surface area contributed by atoms with Crippen LogP contribution in [-0.4, -0.2) is 22.9 Å². The minimum atomic E-state index is -0.567. The summed E-state index contributed by atoms with van der Waals surface area (Å²) in [5.41, 5.74) is 2.51. The Hall–Kier alpha value is -4.39. The van der Waals surface area contributed by atoms with Crippen molar-refractivity contribution < 1.29 is 28.6 Å². The minimum Gasteiger partial charge on any atom is -0.423 e. The molecule has 0 unspecified atom stereocenters. The quantitative estimate of drug-likeness (QED) is 0.278. The highest BCUT2D eigenvalue weighted by Crippen LogP contribution is 2.30. The van der Waals surface area contributed by atoms with Gasteiger partial charge >= 0.3 is 17.9 Å². The van der Waals surface area contributed by atoms with Gasteiger partial charge in [-0.25, -0.2) is 4.79 Å². The Labute approximate surface area is 183 Å². The van der Waals surface area contributed by atoms with Gasteiger partial charge < -0.3 is 19.2 Å². The van der Waals surface area contributed by atoms with Crippen LogP contribution >= 0.6 is 0 Å². The number of para-hydroxylation sites is 1. The maximum Gasteiger partial charge on any atom is 0.336 e. The van der Waals surface area contributed by atoms with Gasteiger partial charge in [-0.1, -0.05) is 24.3 Å². The number of aromatic nitrogens is 1. The highest BCUT2D eigenvalue weighted by molar-refractivity contribution is 6.07. The Morgan fingerprint density at radius 2 is 1.47 bits per heavy atom. The van der Waals surface area contributed by atoms with Crippen LogP contribution in [0.3, 0.4) is 0 Å². The Balaban J connectivity index is 1.52. The van der Waals surface area contributed by atoms with Crippen molar-refractivity contribution in [2.24, 2.45) is 0 Å². The molecule has 0 spiro atoms. The maximum absolute atomic E-state index is 12.3. The van der Waals surface area contributed by atoms with E-state index in [1.54, 1.807) is 12.1 Å². The van der Waals surface area contributed by atoms with Crippen molar-refractivity contribution in [3.8, 4) is 17.2 Å². The first-order chi connectivity index (χ1) is 15.4. The summed E-state index contributed by atoms with van der Waals surface area (Å²) in [4.78, 5) is 38.2. The molecule has 1 aromatic heterocycles. The lowest BCUT2D eigenvalue weighted by molar-refractivity contribution is -0.134. The number of rotatable bonds is 5. The van der Waals surface area contributed by atoms with E-state index in [0.717, 1.165) is 21.8 Å². The molecule has 4 aromatic rings. The second-order valence-corrected chi connectivity index (χ2v) is 7.03. The van der Waals surface area contributed by atoms with Crippen molar-refractivity contribution >= 4 is 45.8 Å². The first kappa shape index (κ1) is 20.9. The molecule has 0 atom stereocenters. The van der Waals surface area contributed by atoms with Crippen LogP contribution in [-0.2, 0) is 14.4 Å². The fraction of sp³-hybridized carbons (Fsp3) is 0.0800. The van der Waals surface area contributed by atoms with Crippen LogP contribution < -0.4 is 14.2 Å². The van der Waals surface area contributed by atoms with Crippen LogP contribution in [0, 0.1) is 0 Å². The van der Waals surface area contributed by atoms with Crippen LogP contribution in [0.4, 0.5) is 0 Å². The van der Waals surface area contributed by atoms with Gasteiger partial charge in [0.2, 0.25) is 0 Å². The molecule has 0 bridgehead atoms. The van der Waals surface area contributed by atoms with Gasteiger partial charge in [0, 0.05) is 41.7 Å². The fourth-order valence-corrected chi connectivity index (χ4v) is 3.31. The van der Waals surface area contributed by atoms with E-state index in [-0.39, 0.29) is 11.5 Å². The second kappa shape index (κ2) is 8.77. The maximum atomic E-state index is 12.3. The number of esters is 3. The van der Waals surface area contributed by atoms with Gasteiger partial charge in [-0.3, -0.25) is 9.59 Å². The van der Waals surface area contributed by atoms with E-state index >= 15 is 0 Å². The van der Waals surface area contributed by atoms with E-state index in [1.807, 2.05) is 36.4 Å². The van der Waals surface area contributed by atoms with Crippen molar-refractivity contribution in [2.45, 2.75) is 13.8 Å². The summed E-state index contributed by atoms with van der Waals surface area (Å²) in [6.07, 6.45) is 2.77. The van der Waals surface area contributed by atoms with Gasteiger partial charge in [0.05, 0.1) is 0 Å². The Bertz CT molecular complexity index is 1380. The largest absolute Gasteiger partial charge is 0.423 e. The number of carbonyl (C=O) groups excluding carboxylic acids is 3. The number of carbonyl (C=O) groups is 3. The molecule has 7 heteroatoms. The van der Waals surface area contributed by atoms with E-state index in [2.05, 4.69) is 4.98 Å². The molecule has 0 aliphatic rings. The van der Waals surface area contributed by atoms with Crippen LogP contribution in [0.25, 0.3) is 27.9 Å². The Kier molecular flexibility index (Phi) is 5.72. The van der Waals surface area contributed by atoms with Gasteiger partial charge in [0.1, 0.15) is 5.75 Å². The highest BCUT2D eigenvalue weighted by atomic mass is 16.6. The zero-order valence-corrected chi connectivity index (χ0v) is 17.4. The molecule has 4 rings (SSSR count). The fourth-order valence-electron chi connectivity index (χ4n) is 3.31. The first-order valence-electron chi connectivity index (χ1n) is 9.80. The number of benzene rings is 3. The molecule has 0 radical (unpaired) electrons. The third-order valence-electron chi connectivity index (χ3n) is 4.58. The number of aromatic amines is 1. The second-order valence-electron chi connectivity index (χ2n) is 7.03. The van der Waals surface area contributed by atoms with Crippen molar-refractivity contribution in [1.82, 2.24) is 4.98 Å². The number of ether oxygens (including phenoxy) is 3. The highest BCUT2D eigenvalue weighted by Gasteiger charge is 2.11. The van der Waals surface area contributed by atoms with Gasteiger partial charge in [-0.15, -0.1) is 0 Å². The summed E-state index contributed by atoms with van der Waals surface area (Å²) >= 11 is 0. The van der Waals surface area contributed by atoms with E-state index in [0.29, 0.717) is 11.3 Å². The summed E-state index contributed by atoms with van der Waals surface area (Å²) < 4.78 is 15.6. The molecule has 7 nitrogen and oxygen atoms in total. The predicted octanol–water partition coefficient (Wildman–Crippen LogP) is 4.79. The molecular weight excluding hydrogens is 410 g/mol. The zero-order valence-electron chi connectivity index (χ0n) is 17.4. The minimum absolute atomic E-state index is 0.0769. The molecule has 0 saturated carbocycles.